The van der Waals surface area contributed by atoms with Crippen LogP contribution in [0.15, 0.2) is 24.3 Å². The Morgan fingerprint density at radius 3 is 2.41 bits per heavy atom. The van der Waals surface area contributed by atoms with Gasteiger partial charge < -0.3 is 5.11 Å². The summed E-state index contributed by atoms with van der Waals surface area (Å²) in [5.74, 6) is 0.568. The monoisotopic (exact) mass is 277 g/mol. The molecule has 96 valence electrons. The van der Waals surface area contributed by atoms with Crippen LogP contribution in [0.1, 0.15) is 12.0 Å². The summed E-state index contributed by atoms with van der Waals surface area (Å²) >= 11 is 5.48. The van der Waals surface area contributed by atoms with Crippen LogP contribution in [0.4, 0.5) is 0 Å². The Hall–Kier alpha value is -0.780. The molecular weight excluding hydrogens is 262 g/mol. The van der Waals surface area contributed by atoms with Crippen molar-refractivity contribution in [2.24, 2.45) is 0 Å². The molecule has 4 nitrogen and oxygen atoms in total. The van der Waals surface area contributed by atoms with E-state index in [9.17, 15) is 8.42 Å². The highest BCUT2D eigenvalue weighted by molar-refractivity contribution is 7.89. The largest absolute Gasteiger partial charge is 0.508 e. The van der Waals surface area contributed by atoms with Crippen LogP contribution in [0.3, 0.4) is 0 Å². The maximum absolute atomic E-state index is 11.8. The minimum absolute atomic E-state index is 0.0606. The van der Waals surface area contributed by atoms with Crippen molar-refractivity contribution in [3.63, 3.8) is 0 Å². The Morgan fingerprint density at radius 1 is 1.29 bits per heavy atom. The summed E-state index contributed by atoms with van der Waals surface area (Å²) in [6.07, 6.45) is 0.448. The van der Waals surface area contributed by atoms with Crippen LogP contribution in [0.2, 0.25) is 0 Å². The highest BCUT2D eigenvalue weighted by Crippen LogP contribution is 2.13. The van der Waals surface area contributed by atoms with E-state index in [-0.39, 0.29) is 11.5 Å². The average molecular weight is 278 g/mol. The fourth-order valence-electron chi connectivity index (χ4n) is 1.35. The van der Waals surface area contributed by atoms with E-state index in [4.69, 9.17) is 16.7 Å². The smallest absolute Gasteiger partial charge is 0.214 e. The lowest BCUT2D eigenvalue weighted by atomic mass is 10.2. The standard InChI is InChI=1S/C11H16ClNO3S/c1-13(17(15,16)8-2-7-12)9-10-3-5-11(14)6-4-10/h3-6,14H,2,7-9H2,1H3. The van der Waals surface area contributed by atoms with Gasteiger partial charge in [-0.3, -0.25) is 0 Å². The van der Waals surface area contributed by atoms with E-state index in [1.54, 1.807) is 12.1 Å². The second kappa shape index (κ2) is 6.23. The number of hydrogen-bond acceptors (Lipinski definition) is 3. The molecule has 0 saturated carbocycles. The van der Waals surface area contributed by atoms with Gasteiger partial charge in [-0.25, -0.2) is 12.7 Å². The summed E-state index contributed by atoms with van der Waals surface area (Å²) < 4.78 is 24.9. The van der Waals surface area contributed by atoms with Gasteiger partial charge in [0, 0.05) is 19.5 Å². The lowest BCUT2D eigenvalue weighted by Gasteiger charge is -2.16. The molecule has 0 unspecified atom stereocenters. The van der Waals surface area contributed by atoms with Crippen LogP contribution in [-0.4, -0.2) is 36.5 Å². The van der Waals surface area contributed by atoms with Gasteiger partial charge in [0.2, 0.25) is 10.0 Å². The highest BCUT2D eigenvalue weighted by Gasteiger charge is 2.17. The third-order valence-electron chi connectivity index (χ3n) is 2.35. The average Bonchev–Trinajstić information content (AvgIpc) is 2.29. The Morgan fingerprint density at radius 2 is 1.88 bits per heavy atom. The quantitative estimate of drug-likeness (QED) is 0.807. The van der Waals surface area contributed by atoms with Gasteiger partial charge in [-0.1, -0.05) is 12.1 Å². The number of halogens is 1. The molecule has 0 bridgehead atoms. The number of nitrogens with zero attached hydrogens (tertiary/aromatic N) is 1. The first-order valence-corrected chi connectivity index (χ1v) is 7.38. The summed E-state index contributed by atoms with van der Waals surface area (Å²) in [5, 5.41) is 9.12. The van der Waals surface area contributed by atoms with Gasteiger partial charge >= 0.3 is 0 Å². The predicted molar refractivity (Wildman–Crippen MR) is 68.7 cm³/mol. The number of aromatic hydroxyl groups is 1. The second-order valence-electron chi connectivity index (χ2n) is 3.78. The van der Waals surface area contributed by atoms with Crippen LogP contribution in [0, 0.1) is 0 Å². The van der Waals surface area contributed by atoms with Gasteiger partial charge in [0.1, 0.15) is 5.75 Å². The van der Waals surface area contributed by atoms with Gasteiger partial charge in [-0.15, -0.1) is 11.6 Å². The number of benzene rings is 1. The molecular formula is C11H16ClNO3S. The van der Waals surface area contributed by atoms with Crippen LogP contribution in [0.25, 0.3) is 0 Å². The van der Waals surface area contributed by atoms with Gasteiger partial charge in [0.15, 0.2) is 0 Å². The van der Waals surface area contributed by atoms with Crippen molar-refractivity contribution in [1.29, 1.82) is 0 Å². The van der Waals surface area contributed by atoms with Crippen molar-refractivity contribution in [2.75, 3.05) is 18.7 Å². The number of sulfonamides is 1. The zero-order valence-electron chi connectivity index (χ0n) is 9.63. The molecule has 0 aliphatic heterocycles. The predicted octanol–water partition coefficient (Wildman–Crippen LogP) is 1.78. The molecule has 0 saturated heterocycles. The Balaban J connectivity index is 2.65. The highest BCUT2D eigenvalue weighted by atomic mass is 35.5. The van der Waals surface area contributed by atoms with Gasteiger partial charge in [0.05, 0.1) is 5.75 Å². The maximum Gasteiger partial charge on any atom is 0.214 e. The maximum atomic E-state index is 11.8. The van der Waals surface area contributed by atoms with E-state index < -0.39 is 10.0 Å². The molecule has 0 atom stereocenters. The Labute approximate surface area is 107 Å². The van der Waals surface area contributed by atoms with Crippen molar-refractivity contribution < 1.29 is 13.5 Å². The number of phenols is 1. The molecule has 1 aromatic rings. The normalized spacial score (nSPS) is 11.9. The van der Waals surface area contributed by atoms with Crippen molar-refractivity contribution in [1.82, 2.24) is 4.31 Å². The lowest BCUT2D eigenvalue weighted by Crippen LogP contribution is -2.28. The molecule has 0 heterocycles. The van der Waals surface area contributed by atoms with Crippen molar-refractivity contribution in [3.8, 4) is 5.75 Å². The third-order valence-corrected chi connectivity index (χ3v) is 4.50. The first-order valence-electron chi connectivity index (χ1n) is 5.23. The van der Waals surface area contributed by atoms with Gasteiger partial charge in [-0.2, -0.15) is 0 Å². The van der Waals surface area contributed by atoms with Gasteiger partial charge in [-0.05, 0) is 24.1 Å². The van der Waals surface area contributed by atoms with E-state index >= 15 is 0 Å². The second-order valence-corrected chi connectivity index (χ2v) is 6.35. The fourth-order valence-corrected chi connectivity index (χ4v) is 2.81. The van der Waals surface area contributed by atoms with E-state index in [2.05, 4.69) is 0 Å². The van der Waals surface area contributed by atoms with Crippen LogP contribution in [0.5, 0.6) is 5.75 Å². The van der Waals surface area contributed by atoms with Crippen molar-refractivity contribution >= 4 is 21.6 Å². The number of phenolic OH excluding ortho intramolecular Hbond substituents is 1. The SMILES string of the molecule is CN(Cc1ccc(O)cc1)S(=O)(=O)CCCCl. The zero-order chi connectivity index (χ0) is 12.9. The van der Waals surface area contributed by atoms with E-state index in [0.29, 0.717) is 18.8 Å². The summed E-state index contributed by atoms with van der Waals surface area (Å²) in [5.41, 5.74) is 0.833. The topological polar surface area (TPSA) is 57.6 Å². The molecule has 0 fully saturated rings. The molecule has 0 aliphatic carbocycles. The molecule has 6 heteroatoms. The number of alkyl halides is 1. The molecule has 1 aromatic carbocycles. The molecule has 1 rings (SSSR count). The summed E-state index contributed by atoms with van der Waals surface area (Å²) in [7, 11) is -1.71. The molecule has 17 heavy (non-hydrogen) atoms. The fraction of sp³-hybridized carbons (Fsp3) is 0.455. The van der Waals surface area contributed by atoms with Crippen LogP contribution in [-0.2, 0) is 16.6 Å². The molecule has 0 aliphatic rings. The van der Waals surface area contributed by atoms with Crippen molar-refractivity contribution in [2.45, 2.75) is 13.0 Å². The van der Waals surface area contributed by atoms with Crippen LogP contribution >= 0.6 is 11.6 Å². The first kappa shape index (κ1) is 14.3. The minimum atomic E-state index is -3.24. The third kappa shape index (κ3) is 4.53. The van der Waals surface area contributed by atoms with Crippen LogP contribution < -0.4 is 0 Å². The zero-order valence-corrected chi connectivity index (χ0v) is 11.2. The Bertz CT molecular complexity index is 444. The van der Waals surface area contributed by atoms with Gasteiger partial charge in [0.25, 0.3) is 0 Å². The van der Waals surface area contributed by atoms with E-state index in [0.717, 1.165) is 5.56 Å². The molecule has 1 N–H and O–H groups in total. The molecule has 0 aromatic heterocycles. The first-order chi connectivity index (χ1) is 7.95. The lowest BCUT2D eigenvalue weighted by molar-refractivity contribution is 0.463. The molecule has 0 amide bonds. The molecule has 0 spiro atoms. The Kier molecular flexibility index (Phi) is 5.24. The number of hydrogen-bond donors (Lipinski definition) is 1. The summed E-state index contributed by atoms with van der Waals surface area (Å²) in [4.78, 5) is 0. The number of rotatable bonds is 6. The van der Waals surface area contributed by atoms with E-state index in [1.807, 2.05) is 0 Å². The minimum Gasteiger partial charge on any atom is -0.508 e. The summed E-state index contributed by atoms with van der Waals surface area (Å²) in [6, 6.07) is 6.47. The summed E-state index contributed by atoms with van der Waals surface area (Å²) in [6.45, 7) is 0.297. The molecule has 0 radical (unpaired) electrons. The van der Waals surface area contributed by atoms with E-state index in [1.165, 1.54) is 23.5 Å². The van der Waals surface area contributed by atoms with Crippen molar-refractivity contribution in [3.05, 3.63) is 29.8 Å².